The van der Waals surface area contributed by atoms with Gasteiger partial charge in [0.15, 0.2) is 0 Å². The zero-order valence-corrected chi connectivity index (χ0v) is 29.8. The molecule has 0 N–H and O–H groups in total. The standard InChI is InChI=1S/C5H15B43/c1-26(2)38(25)44(37(23)24)47(43(35(19)20)36(21)22)48(45(39(27(3)4)28(5)6)40(29(7)8)30(9)10)46(41(31(11)12)32(13)14)42(33(15)16)34(17)18/h1-5H3. The van der Waals surface area contributed by atoms with E-state index in [9.17, 15) is 0 Å². The Morgan fingerprint density at radius 3 is 0.562 bits per heavy atom. The van der Waals surface area contributed by atoms with Crippen molar-refractivity contribution in [1.29, 1.82) is 0 Å². The van der Waals surface area contributed by atoms with E-state index < -0.39 is 134 Å². The molecular weight excluding hydrogens is 525 g/mol. The summed E-state index contributed by atoms with van der Waals surface area (Å²) in [6, 6.07) is 0. The van der Waals surface area contributed by atoms with Crippen LogP contribution in [0.1, 0.15) is 0 Å². The zero-order valence-electron chi connectivity index (χ0n) is 29.8. The average molecular weight is 540 g/mol. The molecule has 0 aliphatic heterocycles. The summed E-state index contributed by atoms with van der Waals surface area (Å²) in [6.45, 7) is 8.79. The fourth-order valence-corrected chi connectivity index (χ4v) is 8.77. The maximum absolute atomic E-state index is 6.98. The van der Waals surface area contributed by atoms with E-state index in [0.717, 1.165) is 0 Å². The highest BCUT2D eigenvalue weighted by molar-refractivity contribution is 8.33. The molecule has 40 radical (unpaired) electrons. The summed E-state index contributed by atoms with van der Waals surface area (Å²) in [4.78, 5) is 0. The maximum Gasteiger partial charge on any atom is 0.0842 e. The van der Waals surface area contributed by atoms with Crippen LogP contribution in [0.25, 0.3) is 0 Å². The Bertz CT molecular complexity index is 718. The van der Waals surface area contributed by atoms with E-state index >= 15 is 0 Å². The van der Waals surface area contributed by atoms with Gasteiger partial charge < -0.3 is 0 Å². The van der Waals surface area contributed by atoms with E-state index in [4.69, 9.17) is 155 Å². The van der Waals surface area contributed by atoms with Crippen LogP contribution >= 0.6 is 0 Å². The summed E-state index contributed by atoms with van der Waals surface area (Å²) >= 11 is 0. The quantitative estimate of drug-likeness (QED) is 0.120. The summed E-state index contributed by atoms with van der Waals surface area (Å²) in [5.74, 6) is 0. The number of hydrogen-bond donors (Lipinski definition) is 0. The van der Waals surface area contributed by atoms with Gasteiger partial charge in [-0.05, 0) is 0 Å². The van der Waals surface area contributed by atoms with Gasteiger partial charge in [0.25, 0.3) is 0 Å². The van der Waals surface area contributed by atoms with E-state index in [-0.39, 0.29) is 13.2 Å². The summed E-state index contributed by atoms with van der Waals surface area (Å²) in [5, 5.41) is 0. The van der Waals surface area contributed by atoms with Gasteiger partial charge in [0, 0.05) is 289 Å². The van der Waals surface area contributed by atoms with E-state index in [1.165, 1.54) is 0 Å². The van der Waals surface area contributed by atoms with Crippen LogP contribution in [0.3, 0.4) is 0 Å². The molecule has 0 aromatic heterocycles. The lowest BCUT2D eigenvalue weighted by Gasteiger charge is -2.56. The molecule has 0 amide bonds. The first kappa shape index (κ1) is 50.8. The average Bonchev–Trinajstić information content (AvgIpc) is 2.86. The van der Waals surface area contributed by atoms with Crippen LogP contribution in [-0.2, 0) is 0 Å². The first-order valence-electron chi connectivity index (χ1n) is 16.9. The van der Waals surface area contributed by atoms with Crippen LogP contribution in [-0.4, -0.2) is 302 Å². The molecular formula is C5H15B43. The maximum atomic E-state index is 6.98. The molecule has 0 aliphatic carbocycles. The first-order valence-corrected chi connectivity index (χ1v) is 16.9. The van der Waals surface area contributed by atoms with Crippen molar-refractivity contribution >= 4 is 302 Å². The Hall–Kier alpha value is 2.79. The second kappa shape index (κ2) is 23.0. The monoisotopic (exact) mass is 549 g/mol. The van der Waals surface area contributed by atoms with Crippen molar-refractivity contribution in [2.75, 3.05) is 0 Å². The normalized spacial score (nSPS) is 9.77. The molecule has 0 unspecified atom stereocenters. The summed E-state index contributed by atoms with van der Waals surface area (Å²) in [5.41, 5.74) is 0. The van der Waals surface area contributed by atoms with Crippen molar-refractivity contribution in [2.45, 2.75) is 34.1 Å². The molecule has 0 atom stereocenters. The first-order chi connectivity index (χ1) is 21.8. The molecule has 43 heteroatoms. The molecule has 0 fully saturated rings. The fourth-order valence-electron chi connectivity index (χ4n) is 8.77. The third kappa shape index (κ3) is 13.5. The van der Waals surface area contributed by atoms with E-state index in [2.05, 4.69) is 0 Å². The van der Waals surface area contributed by atoms with Gasteiger partial charge in [-0.2, -0.15) is 0 Å². The summed E-state index contributed by atoms with van der Waals surface area (Å²) in [6.07, 6.45) is -19.6. The Morgan fingerprint density at radius 2 is 0.396 bits per heavy atom. The minimum absolute atomic E-state index is 0.146. The molecule has 0 heterocycles. The lowest BCUT2D eigenvalue weighted by molar-refractivity contribution is 2.09. The highest BCUT2D eigenvalue weighted by atomic mass is 13.4. The van der Waals surface area contributed by atoms with Crippen LogP contribution in [0, 0.1) is 0 Å². The minimum atomic E-state index is -1.18. The smallest absolute Gasteiger partial charge is 0.0842 e. The highest BCUT2D eigenvalue weighted by Crippen LogP contribution is 2.22. The van der Waals surface area contributed by atoms with Crippen LogP contribution in [0.15, 0.2) is 0 Å². The van der Waals surface area contributed by atoms with Gasteiger partial charge in [0.05, 0.1) is 13.2 Å². The van der Waals surface area contributed by atoms with E-state index in [1.807, 2.05) is 34.1 Å². The van der Waals surface area contributed by atoms with E-state index in [1.54, 1.807) is 0 Å². The van der Waals surface area contributed by atoms with Gasteiger partial charge in [0.1, 0.15) is 0 Å². The largest absolute Gasteiger partial charge is 0.101 e. The van der Waals surface area contributed by atoms with Gasteiger partial charge >= 0.3 is 0 Å². The Morgan fingerprint density at radius 1 is 0.208 bits per heavy atom. The van der Waals surface area contributed by atoms with Crippen LogP contribution in [0.5, 0.6) is 0 Å². The topological polar surface area (TPSA) is 0 Å². The molecule has 164 valence electrons. The molecule has 0 aliphatic rings. The summed E-state index contributed by atoms with van der Waals surface area (Å²) < 4.78 is 0. The molecule has 0 spiro atoms. The Kier molecular flexibility index (Phi) is 24.3. The van der Waals surface area contributed by atoms with Gasteiger partial charge in [0.2, 0.25) is 0 Å². The van der Waals surface area contributed by atoms with Crippen molar-refractivity contribution < 1.29 is 0 Å². The van der Waals surface area contributed by atoms with Crippen LogP contribution < -0.4 is 0 Å². The van der Waals surface area contributed by atoms with Gasteiger partial charge in [-0.25, -0.2) is 0 Å². The Balaban J connectivity index is 9.31. The number of hydrogen-bond acceptors (Lipinski definition) is 0. The summed E-state index contributed by atoms with van der Waals surface area (Å²) in [7, 11) is 132. The molecule has 0 aromatic rings. The fraction of sp³-hybridized carbons (Fsp3) is 1.00. The van der Waals surface area contributed by atoms with Gasteiger partial charge in [-0.15, -0.1) is 6.82 Å². The second-order valence-electron chi connectivity index (χ2n) is 14.9. The predicted octanol–water partition coefficient (Wildman–Crippen LogP) is -13.5. The van der Waals surface area contributed by atoms with Crippen LogP contribution in [0.4, 0.5) is 0 Å². The van der Waals surface area contributed by atoms with Crippen molar-refractivity contribution in [3.05, 3.63) is 0 Å². The third-order valence-corrected chi connectivity index (χ3v) is 10.6. The van der Waals surface area contributed by atoms with Crippen molar-refractivity contribution in [3.8, 4) is 0 Å². The van der Waals surface area contributed by atoms with Gasteiger partial charge in [-0.1, -0.05) is 27.3 Å². The molecule has 0 saturated carbocycles. The second-order valence-corrected chi connectivity index (χ2v) is 14.9. The van der Waals surface area contributed by atoms with Gasteiger partial charge in [-0.3, -0.25) is 0 Å². The molecule has 0 nitrogen and oxygen atoms in total. The molecule has 0 bridgehead atoms. The molecule has 0 rings (SSSR count). The molecule has 0 aromatic carbocycles. The van der Waals surface area contributed by atoms with Crippen LogP contribution in [0.2, 0.25) is 34.1 Å². The lowest BCUT2D eigenvalue weighted by atomic mass is 8.26. The van der Waals surface area contributed by atoms with Crippen molar-refractivity contribution in [1.82, 2.24) is 0 Å². The lowest BCUT2D eigenvalue weighted by Crippen LogP contribution is -2.94. The highest BCUT2D eigenvalue weighted by Gasteiger charge is 2.60. The van der Waals surface area contributed by atoms with Crippen molar-refractivity contribution in [3.63, 3.8) is 0 Å². The molecule has 48 heavy (non-hydrogen) atoms. The third-order valence-electron chi connectivity index (χ3n) is 10.6. The van der Waals surface area contributed by atoms with E-state index in [0.29, 0.717) is 0 Å². The molecule has 0 saturated heterocycles. The SMILES string of the molecule is [B]B([B])B(B([B])[B])B(B(B([B])[B])B([B])[B])B(B(B(B([B])[B])B([B])[B])B(B([B])C)B(C)C)B(B(B([B])[B])B([B])[B])B(B([B])[B])B([B])B(C)C. The minimum Gasteiger partial charge on any atom is -0.101 e. The van der Waals surface area contributed by atoms with Crippen molar-refractivity contribution in [2.24, 2.45) is 0 Å². The zero-order chi connectivity index (χ0) is 38.3. The number of rotatable bonds is 22. The predicted molar refractivity (Wildman–Crippen MR) is 277 cm³/mol. The Labute approximate surface area is 333 Å².